The number of nitrogens with zero attached hydrogens (tertiary/aromatic N) is 3. The van der Waals surface area contributed by atoms with Gasteiger partial charge in [0.25, 0.3) is 5.91 Å². The summed E-state index contributed by atoms with van der Waals surface area (Å²) in [5.41, 5.74) is 4.62. The van der Waals surface area contributed by atoms with Crippen molar-refractivity contribution in [3.05, 3.63) is 81.0 Å². The quantitative estimate of drug-likeness (QED) is 0.503. The minimum Gasteiger partial charge on any atom is -0.463 e. The Labute approximate surface area is 235 Å². The number of ether oxygens (including phenoxy) is 1. The molecule has 2 aromatic rings. The minimum atomic E-state index is -0.612. The van der Waals surface area contributed by atoms with Crippen molar-refractivity contribution in [2.24, 2.45) is 0 Å². The highest BCUT2D eigenvalue weighted by molar-refractivity contribution is 6.30. The minimum absolute atomic E-state index is 0.0348. The Morgan fingerprint density at radius 1 is 1.08 bits per heavy atom. The number of likely N-dealkylation sites (N-methyl/N-ethyl adjacent to an activating group) is 1. The zero-order valence-electron chi connectivity index (χ0n) is 23.3. The fraction of sp³-hybridized carbons (Fsp3) is 0.433. The van der Waals surface area contributed by atoms with Crippen LogP contribution in [-0.4, -0.2) is 78.0 Å². The third-order valence-corrected chi connectivity index (χ3v) is 7.68. The summed E-state index contributed by atoms with van der Waals surface area (Å²) in [4.78, 5) is 45.6. The van der Waals surface area contributed by atoms with Crippen LogP contribution in [-0.2, 0) is 9.53 Å². The lowest BCUT2D eigenvalue weighted by atomic mass is 9.90. The van der Waals surface area contributed by atoms with Gasteiger partial charge in [-0.25, -0.2) is 9.59 Å². The molecule has 0 aliphatic carbocycles. The van der Waals surface area contributed by atoms with Crippen LogP contribution in [0.3, 0.4) is 0 Å². The van der Waals surface area contributed by atoms with Crippen molar-refractivity contribution in [3.63, 3.8) is 0 Å². The van der Waals surface area contributed by atoms with E-state index < -0.39 is 12.0 Å². The van der Waals surface area contributed by atoms with E-state index in [9.17, 15) is 14.4 Å². The van der Waals surface area contributed by atoms with E-state index in [1.54, 1.807) is 36.1 Å². The maximum Gasteiger partial charge on any atom is 0.338 e. The number of nitrogens with one attached hydrogen (secondary N) is 1. The summed E-state index contributed by atoms with van der Waals surface area (Å²) in [6, 6.07) is 12.1. The molecular formula is C30H37ClN4O4. The van der Waals surface area contributed by atoms with Crippen LogP contribution in [0.25, 0.3) is 0 Å². The Hall–Kier alpha value is -3.36. The van der Waals surface area contributed by atoms with Crippen LogP contribution in [0.4, 0.5) is 4.79 Å². The first-order valence-corrected chi connectivity index (χ1v) is 13.9. The van der Waals surface area contributed by atoms with E-state index in [-0.39, 0.29) is 24.6 Å². The molecule has 3 amide bonds. The number of aryl methyl sites for hydroxylation is 2. The molecule has 0 aromatic heterocycles. The molecule has 2 unspecified atom stereocenters. The predicted octanol–water partition coefficient (Wildman–Crippen LogP) is 4.71. The number of hydrogen-bond acceptors (Lipinski definition) is 5. The first-order valence-electron chi connectivity index (χ1n) is 13.5. The van der Waals surface area contributed by atoms with Gasteiger partial charge in [-0.15, -0.1) is 0 Å². The number of carbonyl (C=O) groups is 3. The van der Waals surface area contributed by atoms with E-state index in [2.05, 4.69) is 10.2 Å². The van der Waals surface area contributed by atoms with Crippen LogP contribution in [0.5, 0.6) is 0 Å². The normalized spacial score (nSPS) is 20.2. The molecule has 39 heavy (non-hydrogen) atoms. The summed E-state index contributed by atoms with van der Waals surface area (Å²) in [5.74, 6) is -0.464. The highest BCUT2D eigenvalue weighted by Gasteiger charge is 2.39. The number of esters is 1. The smallest absolute Gasteiger partial charge is 0.338 e. The van der Waals surface area contributed by atoms with Gasteiger partial charge in [-0.05, 0) is 70.0 Å². The van der Waals surface area contributed by atoms with Gasteiger partial charge in [-0.2, -0.15) is 0 Å². The Morgan fingerprint density at radius 3 is 2.44 bits per heavy atom. The number of rotatable bonds is 7. The van der Waals surface area contributed by atoms with E-state index in [4.69, 9.17) is 16.3 Å². The van der Waals surface area contributed by atoms with E-state index in [1.165, 1.54) is 0 Å². The van der Waals surface area contributed by atoms with Crippen LogP contribution in [0, 0.1) is 13.8 Å². The second-order valence-corrected chi connectivity index (χ2v) is 10.6. The van der Waals surface area contributed by atoms with Crippen LogP contribution < -0.4 is 5.32 Å². The monoisotopic (exact) mass is 552 g/mol. The standard InChI is InChI=1S/C30H37ClN4O4/c1-6-34-25(18-33-14-15-35(21(5)17-33)28(36)22-10-12-23(31)13-11-22)26(29(37)39-7-2)27(32-30(34)38)24-16-19(3)8-9-20(24)4/h8-13,16,21,27H,6-7,14-15,17-18H2,1-5H3,(H,32,38). The Kier molecular flexibility index (Phi) is 8.97. The summed E-state index contributed by atoms with van der Waals surface area (Å²) >= 11 is 5.99. The van der Waals surface area contributed by atoms with Crippen molar-refractivity contribution < 1.29 is 19.1 Å². The summed E-state index contributed by atoms with van der Waals surface area (Å²) in [6.45, 7) is 12.4. The molecule has 1 saturated heterocycles. The first kappa shape index (κ1) is 28.6. The predicted molar refractivity (Wildman–Crippen MR) is 152 cm³/mol. The molecule has 208 valence electrons. The van der Waals surface area contributed by atoms with Gasteiger partial charge in [-0.3, -0.25) is 14.6 Å². The van der Waals surface area contributed by atoms with Crippen LogP contribution >= 0.6 is 11.6 Å². The summed E-state index contributed by atoms with van der Waals surface area (Å²) in [7, 11) is 0. The van der Waals surface area contributed by atoms with E-state index in [0.29, 0.717) is 54.6 Å². The number of benzene rings is 2. The number of halogens is 1. The summed E-state index contributed by atoms with van der Waals surface area (Å²) in [5, 5.41) is 3.65. The molecule has 1 fully saturated rings. The average molecular weight is 553 g/mol. The van der Waals surface area contributed by atoms with Gasteiger partial charge in [0.15, 0.2) is 0 Å². The highest BCUT2D eigenvalue weighted by Crippen LogP contribution is 2.34. The van der Waals surface area contributed by atoms with Gasteiger partial charge in [0.05, 0.1) is 18.2 Å². The zero-order chi connectivity index (χ0) is 28.3. The van der Waals surface area contributed by atoms with Gasteiger partial charge < -0.3 is 15.0 Å². The number of carbonyl (C=O) groups excluding carboxylic acids is 3. The summed E-state index contributed by atoms with van der Waals surface area (Å²) in [6.07, 6.45) is 0. The van der Waals surface area contributed by atoms with Gasteiger partial charge in [-0.1, -0.05) is 35.4 Å². The molecule has 2 heterocycles. The molecule has 2 atom stereocenters. The van der Waals surface area contributed by atoms with Crippen LogP contribution in [0.2, 0.25) is 5.02 Å². The van der Waals surface area contributed by atoms with Crippen molar-refractivity contribution in [1.29, 1.82) is 0 Å². The molecule has 0 bridgehead atoms. The van der Waals surface area contributed by atoms with Gasteiger partial charge >= 0.3 is 12.0 Å². The van der Waals surface area contributed by atoms with Crippen molar-refractivity contribution >= 4 is 29.5 Å². The fourth-order valence-electron chi connectivity index (χ4n) is 5.41. The SMILES string of the molecule is CCOC(=O)C1=C(CN2CCN(C(=O)c3ccc(Cl)cc3)C(C)C2)N(CC)C(=O)NC1c1cc(C)ccc1C. The van der Waals surface area contributed by atoms with Crippen molar-refractivity contribution in [2.45, 2.75) is 46.7 Å². The molecule has 0 radical (unpaired) electrons. The molecule has 0 spiro atoms. The zero-order valence-corrected chi connectivity index (χ0v) is 24.0. The number of urea groups is 1. The lowest BCUT2D eigenvalue weighted by molar-refractivity contribution is -0.139. The second kappa shape index (κ2) is 12.2. The summed E-state index contributed by atoms with van der Waals surface area (Å²) < 4.78 is 5.52. The largest absolute Gasteiger partial charge is 0.463 e. The molecule has 2 aliphatic rings. The van der Waals surface area contributed by atoms with Gasteiger partial charge in [0.1, 0.15) is 0 Å². The van der Waals surface area contributed by atoms with Crippen LogP contribution in [0.1, 0.15) is 53.9 Å². The number of hydrogen-bond donors (Lipinski definition) is 1. The topological polar surface area (TPSA) is 82.2 Å². The van der Waals surface area contributed by atoms with E-state index >= 15 is 0 Å². The maximum absolute atomic E-state index is 13.4. The lowest BCUT2D eigenvalue weighted by Crippen LogP contribution is -2.56. The molecule has 0 saturated carbocycles. The highest BCUT2D eigenvalue weighted by atomic mass is 35.5. The first-order chi connectivity index (χ1) is 18.6. The van der Waals surface area contributed by atoms with Crippen molar-refractivity contribution in [2.75, 3.05) is 39.3 Å². The molecule has 8 nitrogen and oxygen atoms in total. The molecule has 9 heteroatoms. The molecular weight excluding hydrogens is 516 g/mol. The van der Waals surface area contributed by atoms with Crippen molar-refractivity contribution in [3.8, 4) is 0 Å². The Balaban J connectivity index is 1.65. The fourth-order valence-corrected chi connectivity index (χ4v) is 5.54. The van der Waals surface area contributed by atoms with E-state index in [0.717, 1.165) is 16.7 Å². The molecule has 1 N–H and O–H groups in total. The third kappa shape index (κ3) is 6.12. The van der Waals surface area contributed by atoms with Crippen molar-refractivity contribution in [1.82, 2.24) is 20.0 Å². The molecule has 4 rings (SSSR count). The molecule has 2 aliphatic heterocycles. The Morgan fingerprint density at radius 2 is 1.79 bits per heavy atom. The molecule has 2 aromatic carbocycles. The van der Waals surface area contributed by atoms with E-state index in [1.807, 2.05) is 50.8 Å². The number of amides is 3. The van der Waals surface area contributed by atoms with Crippen LogP contribution in [0.15, 0.2) is 53.7 Å². The number of piperazine rings is 1. The lowest BCUT2D eigenvalue weighted by Gasteiger charge is -2.43. The second-order valence-electron chi connectivity index (χ2n) is 10.2. The maximum atomic E-state index is 13.4. The van der Waals surface area contributed by atoms with Gasteiger partial charge in [0.2, 0.25) is 0 Å². The van der Waals surface area contributed by atoms with Gasteiger partial charge in [0, 0.05) is 55.0 Å². The Bertz CT molecular complexity index is 1280. The third-order valence-electron chi connectivity index (χ3n) is 7.43. The average Bonchev–Trinajstić information content (AvgIpc) is 2.90.